The summed E-state index contributed by atoms with van der Waals surface area (Å²) in [5.41, 5.74) is 0.516. The number of rotatable bonds is 4. The van der Waals surface area contributed by atoms with Gasteiger partial charge >= 0.3 is 13.0 Å². The molecular weight excluding hydrogens is 326 g/mol. The molecule has 2 aromatic heterocycles. The Hall–Kier alpha value is -3.07. The lowest BCUT2D eigenvalue weighted by molar-refractivity contribution is 0.0696. The second-order valence-electron chi connectivity index (χ2n) is 5.17. The summed E-state index contributed by atoms with van der Waals surface area (Å²) in [6, 6.07) is 5.69. The summed E-state index contributed by atoms with van der Waals surface area (Å²) < 4.78 is 1.30. The standard InChI is InChI=1S/C14H14B2N4O5/c1-16(25)19-14(18-13(15)24)17-6-8-2-3-10-4-9(12(22)23)5-11(21)20(10)7-8/h2-5,7,25H,6H2,1H3,(H,22,23)(H2,17,18,19,24). The minimum Gasteiger partial charge on any atom is -0.478 e. The van der Waals surface area contributed by atoms with Crippen LogP contribution < -0.4 is 16.2 Å². The van der Waals surface area contributed by atoms with Crippen molar-refractivity contribution in [3.63, 3.8) is 0 Å². The molecule has 0 aromatic carbocycles. The van der Waals surface area contributed by atoms with E-state index < -0.39 is 24.4 Å². The van der Waals surface area contributed by atoms with Gasteiger partial charge in [0.1, 0.15) is 0 Å². The van der Waals surface area contributed by atoms with Crippen LogP contribution in [-0.2, 0) is 6.54 Å². The lowest BCUT2D eigenvalue weighted by atomic mass is 9.91. The summed E-state index contributed by atoms with van der Waals surface area (Å²) in [7, 11) is 3.97. The Morgan fingerprint density at radius 2 is 2.08 bits per heavy atom. The van der Waals surface area contributed by atoms with E-state index >= 15 is 0 Å². The summed E-state index contributed by atoms with van der Waals surface area (Å²) in [4.78, 5) is 37.7. The van der Waals surface area contributed by atoms with Gasteiger partial charge in [0.2, 0.25) is 7.85 Å². The maximum Gasteiger partial charge on any atom is 0.431 e. The number of hydrogen-bond acceptors (Lipinski definition) is 5. The van der Waals surface area contributed by atoms with Crippen LogP contribution in [0.1, 0.15) is 15.9 Å². The zero-order chi connectivity index (χ0) is 18.6. The molecule has 2 rings (SSSR count). The van der Waals surface area contributed by atoms with Crippen molar-refractivity contribution in [3.8, 4) is 0 Å². The van der Waals surface area contributed by atoms with Crippen LogP contribution in [0.25, 0.3) is 5.52 Å². The van der Waals surface area contributed by atoms with E-state index in [2.05, 4.69) is 15.5 Å². The molecule has 0 unspecified atom stereocenters. The van der Waals surface area contributed by atoms with E-state index in [4.69, 9.17) is 13.0 Å². The van der Waals surface area contributed by atoms with Crippen molar-refractivity contribution in [2.75, 3.05) is 0 Å². The van der Waals surface area contributed by atoms with Gasteiger partial charge in [0.05, 0.1) is 5.56 Å². The Morgan fingerprint density at radius 3 is 2.68 bits per heavy atom. The fourth-order valence-electron chi connectivity index (χ4n) is 2.11. The molecule has 2 heterocycles. The molecule has 0 aliphatic heterocycles. The Labute approximate surface area is 143 Å². The molecule has 0 bridgehead atoms. The summed E-state index contributed by atoms with van der Waals surface area (Å²) in [5.74, 6) is -2.04. The third kappa shape index (κ3) is 4.95. The van der Waals surface area contributed by atoms with Gasteiger partial charge < -0.3 is 20.8 Å². The molecule has 0 saturated heterocycles. The zero-order valence-electron chi connectivity index (χ0n) is 13.3. The maximum atomic E-state index is 12.0. The second-order valence-corrected chi connectivity index (χ2v) is 5.17. The molecule has 2 aromatic rings. The summed E-state index contributed by atoms with van der Waals surface area (Å²) in [6.45, 7) is 1.58. The van der Waals surface area contributed by atoms with Crippen LogP contribution in [0.4, 0.5) is 4.79 Å². The number of fused-ring (bicyclic) bond motifs is 1. The van der Waals surface area contributed by atoms with Gasteiger partial charge in [-0.25, -0.2) is 4.79 Å². The first-order valence-electron chi connectivity index (χ1n) is 7.21. The number of nitrogens with zero attached hydrogens (tertiary/aromatic N) is 2. The number of carboxylic acid groups (broad SMARTS) is 1. The second kappa shape index (κ2) is 7.67. The van der Waals surface area contributed by atoms with E-state index in [-0.39, 0.29) is 18.1 Å². The molecule has 2 radical (unpaired) electrons. The fourth-order valence-corrected chi connectivity index (χ4v) is 2.11. The normalized spacial score (nSPS) is 11.2. The van der Waals surface area contributed by atoms with E-state index in [1.165, 1.54) is 23.5 Å². The van der Waals surface area contributed by atoms with Crippen molar-refractivity contribution in [2.45, 2.75) is 13.4 Å². The van der Waals surface area contributed by atoms with Gasteiger partial charge in [-0.1, -0.05) is 6.07 Å². The average Bonchev–Trinajstić information content (AvgIpc) is 2.51. The molecule has 0 atom stereocenters. The van der Waals surface area contributed by atoms with Crippen molar-refractivity contribution >= 4 is 38.1 Å². The molecule has 0 saturated carbocycles. The largest absolute Gasteiger partial charge is 0.478 e. The number of carbonyl (C=O) groups is 2. The molecular formula is C14H14B2N4O5. The number of aromatic nitrogens is 1. The van der Waals surface area contributed by atoms with Gasteiger partial charge in [0.25, 0.3) is 5.56 Å². The molecule has 0 spiro atoms. The first kappa shape index (κ1) is 18.3. The predicted molar refractivity (Wildman–Crippen MR) is 93.0 cm³/mol. The molecule has 4 N–H and O–H groups in total. The summed E-state index contributed by atoms with van der Waals surface area (Å²) in [5, 5.41) is 23.3. The Kier molecular flexibility index (Phi) is 5.60. The van der Waals surface area contributed by atoms with E-state index in [1.54, 1.807) is 12.1 Å². The molecule has 0 aliphatic rings. The number of nitrogens with one attached hydrogen (secondary N) is 2. The highest BCUT2D eigenvalue weighted by Gasteiger charge is 2.09. The van der Waals surface area contributed by atoms with Crippen molar-refractivity contribution in [1.29, 1.82) is 0 Å². The van der Waals surface area contributed by atoms with Crippen molar-refractivity contribution in [1.82, 2.24) is 15.0 Å². The minimum atomic E-state index is -1.18. The summed E-state index contributed by atoms with van der Waals surface area (Å²) >= 11 is 0. The molecule has 25 heavy (non-hydrogen) atoms. The SMILES string of the molecule is [B]C(=O)NC(=NB(C)O)NCc1ccc2cc(C(=O)O)cc(=O)n2c1. The third-order valence-electron chi connectivity index (χ3n) is 3.13. The number of carboxylic acids is 1. The molecule has 11 heteroatoms. The molecule has 0 fully saturated rings. The van der Waals surface area contributed by atoms with Crippen molar-refractivity contribution < 1.29 is 19.7 Å². The number of pyridine rings is 2. The number of aromatic carboxylic acids is 1. The van der Waals surface area contributed by atoms with Crippen LogP contribution in [0.2, 0.25) is 6.82 Å². The highest BCUT2D eigenvalue weighted by Crippen LogP contribution is 2.07. The highest BCUT2D eigenvalue weighted by atomic mass is 16.4. The quantitative estimate of drug-likeness (QED) is 0.335. The number of guanidine groups is 1. The average molecular weight is 340 g/mol. The fraction of sp³-hybridized carbons (Fsp3) is 0.143. The predicted octanol–water partition coefficient (Wildman–Crippen LogP) is -0.568. The highest BCUT2D eigenvalue weighted by molar-refractivity contribution is 6.59. The summed E-state index contributed by atoms with van der Waals surface area (Å²) in [6.07, 6.45) is 1.53. The van der Waals surface area contributed by atoms with Crippen LogP contribution in [0.3, 0.4) is 0 Å². The first-order chi connectivity index (χ1) is 11.8. The number of hydrogen-bond donors (Lipinski definition) is 4. The van der Waals surface area contributed by atoms with E-state index in [0.29, 0.717) is 11.1 Å². The van der Waals surface area contributed by atoms with Gasteiger partial charge in [-0.05, 0) is 24.5 Å². The molecule has 0 aliphatic carbocycles. The van der Waals surface area contributed by atoms with Gasteiger partial charge in [0, 0.05) is 24.3 Å². The molecule has 1 amide bonds. The van der Waals surface area contributed by atoms with Crippen LogP contribution >= 0.6 is 0 Å². The molecule has 126 valence electrons. The van der Waals surface area contributed by atoms with Crippen LogP contribution in [0.5, 0.6) is 0 Å². The number of amides is 1. The topological polar surface area (TPSA) is 132 Å². The first-order valence-corrected chi connectivity index (χ1v) is 7.21. The van der Waals surface area contributed by atoms with Gasteiger partial charge in [-0.3, -0.25) is 18.9 Å². The lowest BCUT2D eigenvalue weighted by Crippen LogP contribution is -2.41. The minimum absolute atomic E-state index is 0.0174. The third-order valence-corrected chi connectivity index (χ3v) is 3.13. The Morgan fingerprint density at radius 1 is 1.36 bits per heavy atom. The van der Waals surface area contributed by atoms with E-state index in [0.717, 1.165) is 6.07 Å². The van der Waals surface area contributed by atoms with Crippen molar-refractivity contribution in [3.05, 3.63) is 51.9 Å². The Bertz CT molecular complexity index is 910. The number of carbonyl (C=O) groups excluding carboxylic acids is 1. The Balaban J connectivity index is 2.25. The lowest BCUT2D eigenvalue weighted by Gasteiger charge is -2.12. The van der Waals surface area contributed by atoms with E-state index in [9.17, 15) is 19.4 Å². The van der Waals surface area contributed by atoms with Crippen molar-refractivity contribution in [2.24, 2.45) is 4.90 Å². The van der Waals surface area contributed by atoms with Gasteiger partial charge in [-0.2, -0.15) is 0 Å². The molecule has 9 nitrogen and oxygen atoms in total. The maximum absolute atomic E-state index is 12.0. The monoisotopic (exact) mass is 340 g/mol. The van der Waals surface area contributed by atoms with Crippen LogP contribution in [-0.4, -0.2) is 47.2 Å². The smallest absolute Gasteiger partial charge is 0.431 e. The van der Waals surface area contributed by atoms with E-state index in [1.807, 2.05) is 0 Å². The van der Waals surface area contributed by atoms with Crippen LogP contribution in [0, 0.1) is 0 Å². The van der Waals surface area contributed by atoms with Gasteiger partial charge in [0.15, 0.2) is 11.8 Å². The zero-order valence-corrected chi connectivity index (χ0v) is 13.3. The van der Waals surface area contributed by atoms with Gasteiger partial charge in [-0.15, -0.1) is 0 Å². The van der Waals surface area contributed by atoms with Crippen LogP contribution in [0.15, 0.2) is 40.2 Å².